The van der Waals surface area contributed by atoms with Gasteiger partial charge < -0.3 is 11.1 Å². The van der Waals surface area contributed by atoms with E-state index in [1.165, 1.54) is 12.1 Å². The lowest BCUT2D eigenvalue weighted by Gasteiger charge is -2.12. The molecule has 0 spiro atoms. The Bertz CT molecular complexity index is 558. The number of nitrogens with two attached hydrogens (primary N) is 2. The molecule has 0 aliphatic heterocycles. The molecule has 0 saturated heterocycles. The molecule has 0 fully saturated rings. The average Bonchev–Trinajstić information content (AvgIpc) is 2.41. The van der Waals surface area contributed by atoms with Crippen LogP contribution in [0, 0.1) is 5.92 Å². The summed E-state index contributed by atoms with van der Waals surface area (Å²) in [4.78, 5) is 11.9. The highest BCUT2D eigenvalue weighted by molar-refractivity contribution is 7.89. The number of sulfonamides is 1. The van der Waals surface area contributed by atoms with Gasteiger partial charge in [0, 0.05) is 12.5 Å². The molecule has 1 aromatic carbocycles. The zero-order valence-corrected chi connectivity index (χ0v) is 12.3. The maximum atomic E-state index is 11.8. The minimum atomic E-state index is -3.72. The summed E-state index contributed by atoms with van der Waals surface area (Å²) in [6.07, 6.45) is 1.54. The summed E-state index contributed by atoms with van der Waals surface area (Å²) in [6, 6.07) is 6.21. The monoisotopic (exact) mass is 299 g/mol. The molecular formula is C13H21N3O3S. The van der Waals surface area contributed by atoms with Crippen molar-refractivity contribution >= 4 is 15.9 Å². The van der Waals surface area contributed by atoms with Crippen molar-refractivity contribution in [2.24, 2.45) is 16.8 Å². The molecular weight excluding hydrogens is 278 g/mol. The molecule has 6 nitrogen and oxygen atoms in total. The summed E-state index contributed by atoms with van der Waals surface area (Å²) in [5.74, 6) is -0.181. The predicted octanol–water partition coefficient (Wildman–Crippen LogP) is 0.325. The third-order valence-corrected chi connectivity index (χ3v) is 3.89. The van der Waals surface area contributed by atoms with Crippen molar-refractivity contribution in [3.05, 3.63) is 29.8 Å². The molecule has 1 atom stereocenters. The number of nitrogens with one attached hydrogen (secondary N) is 1. The van der Waals surface area contributed by atoms with Crippen LogP contribution in [0.1, 0.15) is 25.3 Å². The van der Waals surface area contributed by atoms with Crippen molar-refractivity contribution in [2.45, 2.75) is 31.2 Å². The van der Waals surface area contributed by atoms with E-state index >= 15 is 0 Å². The molecule has 0 aliphatic rings. The summed E-state index contributed by atoms with van der Waals surface area (Å²) < 4.78 is 22.5. The first-order valence-corrected chi connectivity index (χ1v) is 7.98. The normalized spacial score (nSPS) is 12.9. The maximum absolute atomic E-state index is 11.8. The minimum absolute atomic E-state index is 0.0421. The average molecular weight is 299 g/mol. The standard InChI is InChI=1S/C13H21N3O3S/c1-10(4-3-7-14)13(17)16-9-11-5-2-6-12(8-11)20(15,18)19/h2,5-6,8,10H,3-4,7,9,14H2,1H3,(H,16,17)(H2,15,18,19). The Labute approximate surface area is 119 Å². The van der Waals surface area contributed by atoms with Gasteiger partial charge in [0.1, 0.15) is 0 Å². The highest BCUT2D eigenvalue weighted by Gasteiger charge is 2.12. The molecule has 0 bridgehead atoms. The van der Waals surface area contributed by atoms with Gasteiger partial charge in [-0.3, -0.25) is 4.79 Å². The molecule has 0 radical (unpaired) electrons. The Hall–Kier alpha value is -1.44. The van der Waals surface area contributed by atoms with E-state index in [-0.39, 0.29) is 23.3 Å². The van der Waals surface area contributed by atoms with Gasteiger partial charge in [0.05, 0.1) is 4.90 Å². The number of amides is 1. The van der Waals surface area contributed by atoms with E-state index < -0.39 is 10.0 Å². The van der Waals surface area contributed by atoms with E-state index in [9.17, 15) is 13.2 Å². The molecule has 1 unspecified atom stereocenters. The second-order valence-corrected chi connectivity index (χ2v) is 6.30. The molecule has 0 aromatic heterocycles. The fourth-order valence-corrected chi connectivity index (χ4v) is 2.33. The number of primary sulfonamides is 1. The van der Waals surface area contributed by atoms with Crippen molar-refractivity contribution in [3.8, 4) is 0 Å². The van der Waals surface area contributed by atoms with Gasteiger partial charge >= 0.3 is 0 Å². The van der Waals surface area contributed by atoms with Crippen molar-refractivity contribution in [3.63, 3.8) is 0 Å². The number of hydrogen-bond donors (Lipinski definition) is 3. The molecule has 1 amide bonds. The van der Waals surface area contributed by atoms with Gasteiger partial charge in [-0.15, -0.1) is 0 Å². The molecule has 1 rings (SSSR count). The van der Waals surface area contributed by atoms with Crippen LogP contribution in [0.5, 0.6) is 0 Å². The maximum Gasteiger partial charge on any atom is 0.238 e. The van der Waals surface area contributed by atoms with Gasteiger partial charge in [-0.05, 0) is 37.1 Å². The number of benzene rings is 1. The van der Waals surface area contributed by atoms with Crippen molar-refractivity contribution in [2.75, 3.05) is 6.54 Å². The summed E-state index contributed by atoms with van der Waals surface area (Å²) in [5.41, 5.74) is 6.09. The van der Waals surface area contributed by atoms with Gasteiger partial charge in [-0.2, -0.15) is 0 Å². The van der Waals surface area contributed by atoms with Crippen molar-refractivity contribution in [1.29, 1.82) is 0 Å². The Kier molecular flexibility index (Phi) is 6.12. The van der Waals surface area contributed by atoms with E-state index in [2.05, 4.69) is 5.32 Å². The van der Waals surface area contributed by atoms with Crippen LogP contribution < -0.4 is 16.2 Å². The highest BCUT2D eigenvalue weighted by atomic mass is 32.2. The van der Waals surface area contributed by atoms with Crippen LogP contribution in [0.15, 0.2) is 29.2 Å². The van der Waals surface area contributed by atoms with Crippen molar-refractivity contribution in [1.82, 2.24) is 5.32 Å². The van der Waals surface area contributed by atoms with Crippen LogP contribution in [-0.4, -0.2) is 20.9 Å². The lowest BCUT2D eigenvalue weighted by atomic mass is 10.0. The smallest absolute Gasteiger partial charge is 0.238 e. The zero-order valence-electron chi connectivity index (χ0n) is 11.5. The SMILES string of the molecule is CC(CCCN)C(=O)NCc1cccc(S(N)(=O)=O)c1. The Balaban J connectivity index is 2.60. The second-order valence-electron chi connectivity index (χ2n) is 4.74. The lowest BCUT2D eigenvalue weighted by Crippen LogP contribution is -2.29. The molecule has 0 heterocycles. The summed E-state index contributed by atoms with van der Waals surface area (Å²) in [5, 5.41) is 7.83. The molecule has 1 aromatic rings. The van der Waals surface area contributed by atoms with Gasteiger partial charge in [0.25, 0.3) is 0 Å². The Morgan fingerprint density at radius 1 is 1.40 bits per heavy atom. The Morgan fingerprint density at radius 2 is 2.10 bits per heavy atom. The van der Waals surface area contributed by atoms with Crippen LogP contribution in [-0.2, 0) is 21.4 Å². The van der Waals surface area contributed by atoms with Crippen LogP contribution in [0.25, 0.3) is 0 Å². The lowest BCUT2D eigenvalue weighted by molar-refractivity contribution is -0.124. The molecule has 20 heavy (non-hydrogen) atoms. The fraction of sp³-hybridized carbons (Fsp3) is 0.462. The van der Waals surface area contributed by atoms with Crippen LogP contribution >= 0.6 is 0 Å². The number of carbonyl (C=O) groups excluding carboxylic acids is 1. The van der Waals surface area contributed by atoms with E-state index in [0.29, 0.717) is 12.1 Å². The highest BCUT2D eigenvalue weighted by Crippen LogP contribution is 2.10. The largest absolute Gasteiger partial charge is 0.352 e. The number of rotatable bonds is 7. The first-order chi connectivity index (χ1) is 9.34. The Morgan fingerprint density at radius 3 is 2.70 bits per heavy atom. The molecule has 7 heteroatoms. The quantitative estimate of drug-likeness (QED) is 0.672. The van der Waals surface area contributed by atoms with Crippen LogP contribution in [0.3, 0.4) is 0 Å². The van der Waals surface area contributed by atoms with E-state index in [1.807, 2.05) is 6.92 Å². The van der Waals surface area contributed by atoms with Crippen LogP contribution in [0.4, 0.5) is 0 Å². The van der Waals surface area contributed by atoms with Crippen molar-refractivity contribution < 1.29 is 13.2 Å². The molecule has 0 aliphatic carbocycles. The summed E-state index contributed by atoms with van der Waals surface area (Å²) >= 11 is 0. The van der Waals surface area contributed by atoms with Gasteiger partial charge in [-0.25, -0.2) is 13.6 Å². The first kappa shape index (κ1) is 16.6. The molecule has 0 saturated carbocycles. The van der Waals surface area contributed by atoms with E-state index in [0.717, 1.165) is 12.8 Å². The number of carbonyl (C=O) groups is 1. The predicted molar refractivity (Wildman–Crippen MR) is 77.1 cm³/mol. The van der Waals surface area contributed by atoms with E-state index in [4.69, 9.17) is 10.9 Å². The molecule has 112 valence electrons. The van der Waals surface area contributed by atoms with E-state index in [1.54, 1.807) is 12.1 Å². The zero-order chi connectivity index (χ0) is 15.2. The third kappa shape index (κ3) is 5.28. The van der Waals surface area contributed by atoms with Gasteiger partial charge in [0.15, 0.2) is 0 Å². The summed E-state index contributed by atoms with van der Waals surface area (Å²) in [6.45, 7) is 2.68. The molecule has 5 N–H and O–H groups in total. The topological polar surface area (TPSA) is 115 Å². The second kappa shape index (κ2) is 7.37. The first-order valence-electron chi connectivity index (χ1n) is 6.44. The minimum Gasteiger partial charge on any atom is -0.352 e. The van der Waals surface area contributed by atoms with Gasteiger partial charge in [0.2, 0.25) is 15.9 Å². The summed E-state index contributed by atoms with van der Waals surface area (Å²) in [7, 11) is -3.72. The third-order valence-electron chi connectivity index (χ3n) is 2.98. The number of hydrogen-bond acceptors (Lipinski definition) is 4. The fourth-order valence-electron chi connectivity index (χ4n) is 1.75. The van der Waals surface area contributed by atoms with Crippen LogP contribution in [0.2, 0.25) is 0 Å². The van der Waals surface area contributed by atoms with Gasteiger partial charge in [-0.1, -0.05) is 19.1 Å².